The second kappa shape index (κ2) is 5.71. The Labute approximate surface area is 111 Å². The average molecular weight is 270 g/mol. The van der Waals surface area contributed by atoms with Gasteiger partial charge in [-0.1, -0.05) is 6.08 Å². The minimum atomic E-state index is -0.915. The van der Waals surface area contributed by atoms with E-state index in [-0.39, 0.29) is 6.42 Å². The Kier molecular flexibility index (Phi) is 4.21. The molecule has 19 heavy (non-hydrogen) atoms. The number of carbonyl (C=O) groups is 2. The summed E-state index contributed by atoms with van der Waals surface area (Å²) >= 11 is 0. The molecule has 0 aliphatic carbocycles. The van der Waals surface area contributed by atoms with Gasteiger partial charge in [-0.25, -0.2) is 0 Å². The Morgan fingerprint density at radius 3 is 2.42 bits per heavy atom. The largest absolute Gasteiger partial charge is 0.469 e. The van der Waals surface area contributed by atoms with Crippen LogP contribution in [0.3, 0.4) is 0 Å². The van der Waals surface area contributed by atoms with E-state index in [1.165, 1.54) is 14.2 Å². The summed E-state index contributed by atoms with van der Waals surface area (Å²) in [5.74, 6) is -2.96. The van der Waals surface area contributed by atoms with Crippen molar-refractivity contribution in [2.45, 2.75) is 18.6 Å². The second-order valence-electron chi connectivity index (χ2n) is 4.63. The number of hydrogen-bond donors (Lipinski definition) is 0. The first-order chi connectivity index (χ1) is 9.12. The van der Waals surface area contributed by atoms with Crippen LogP contribution in [0.15, 0.2) is 12.2 Å². The van der Waals surface area contributed by atoms with Crippen molar-refractivity contribution in [1.29, 1.82) is 0 Å². The third kappa shape index (κ3) is 2.79. The topological polar surface area (TPSA) is 71.1 Å². The molecule has 0 bridgehead atoms. The standard InChI is InChI=1S/C13H18O6/c1-16-11(14)9-4-7-19-13(5-3-6-18-13)8-10(9)12(15)17-2/h3,5,9-10H,4,6-8H2,1-2H3/t9-,10+,13?/m0/s1. The Hall–Kier alpha value is -1.40. The van der Waals surface area contributed by atoms with Crippen molar-refractivity contribution in [2.75, 3.05) is 27.4 Å². The minimum Gasteiger partial charge on any atom is -0.469 e. The van der Waals surface area contributed by atoms with Gasteiger partial charge in [-0.05, 0) is 12.5 Å². The van der Waals surface area contributed by atoms with E-state index in [0.29, 0.717) is 19.6 Å². The highest BCUT2D eigenvalue weighted by atomic mass is 16.7. The summed E-state index contributed by atoms with van der Waals surface area (Å²) in [6.07, 6.45) is 4.30. The molecule has 2 rings (SSSR count). The highest BCUT2D eigenvalue weighted by Crippen LogP contribution is 2.37. The van der Waals surface area contributed by atoms with E-state index >= 15 is 0 Å². The van der Waals surface area contributed by atoms with Gasteiger partial charge in [0.1, 0.15) is 0 Å². The van der Waals surface area contributed by atoms with Crippen molar-refractivity contribution in [1.82, 2.24) is 0 Å². The number of carbonyl (C=O) groups excluding carboxylic acids is 2. The molecular weight excluding hydrogens is 252 g/mol. The summed E-state index contributed by atoms with van der Waals surface area (Å²) in [4.78, 5) is 23.7. The molecule has 0 aromatic rings. The quantitative estimate of drug-likeness (QED) is 0.542. The first kappa shape index (κ1) is 14.0. The van der Waals surface area contributed by atoms with Gasteiger partial charge in [0.15, 0.2) is 5.79 Å². The van der Waals surface area contributed by atoms with Gasteiger partial charge in [-0.2, -0.15) is 0 Å². The van der Waals surface area contributed by atoms with Gasteiger partial charge >= 0.3 is 11.9 Å². The molecule has 0 N–H and O–H groups in total. The maximum Gasteiger partial charge on any atom is 0.309 e. The Morgan fingerprint density at radius 1 is 1.16 bits per heavy atom. The molecule has 2 heterocycles. The fourth-order valence-corrected chi connectivity index (χ4v) is 2.58. The molecule has 3 atom stereocenters. The third-order valence-electron chi connectivity index (χ3n) is 3.57. The Balaban J connectivity index is 2.24. The predicted octanol–water partition coefficient (Wildman–Crippen LogP) is 0.658. The van der Waals surface area contributed by atoms with Gasteiger partial charge in [-0.3, -0.25) is 9.59 Å². The second-order valence-corrected chi connectivity index (χ2v) is 4.63. The van der Waals surface area contributed by atoms with Gasteiger partial charge < -0.3 is 18.9 Å². The number of ether oxygens (including phenoxy) is 4. The van der Waals surface area contributed by atoms with Crippen molar-refractivity contribution in [3.05, 3.63) is 12.2 Å². The van der Waals surface area contributed by atoms with Gasteiger partial charge in [-0.15, -0.1) is 0 Å². The van der Waals surface area contributed by atoms with Crippen LogP contribution in [0.25, 0.3) is 0 Å². The molecule has 6 nitrogen and oxygen atoms in total. The van der Waals surface area contributed by atoms with Crippen molar-refractivity contribution < 1.29 is 28.5 Å². The number of hydrogen-bond acceptors (Lipinski definition) is 6. The van der Waals surface area contributed by atoms with E-state index in [1.54, 1.807) is 6.08 Å². The summed E-state index contributed by atoms with van der Waals surface area (Å²) in [6.45, 7) is 0.772. The third-order valence-corrected chi connectivity index (χ3v) is 3.57. The average Bonchev–Trinajstić information content (AvgIpc) is 2.79. The van der Waals surface area contributed by atoms with E-state index in [4.69, 9.17) is 18.9 Å². The van der Waals surface area contributed by atoms with Crippen molar-refractivity contribution >= 4 is 11.9 Å². The maximum absolute atomic E-state index is 11.9. The van der Waals surface area contributed by atoms with E-state index < -0.39 is 29.6 Å². The molecule has 0 aromatic heterocycles. The molecule has 1 spiro atoms. The van der Waals surface area contributed by atoms with Crippen LogP contribution < -0.4 is 0 Å². The zero-order valence-electron chi connectivity index (χ0n) is 11.1. The van der Waals surface area contributed by atoms with Crippen LogP contribution in [0.2, 0.25) is 0 Å². The van der Waals surface area contributed by atoms with Crippen LogP contribution in [0.4, 0.5) is 0 Å². The molecule has 0 radical (unpaired) electrons. The lowest BCUT2D eigenvalue weighted by molar-refractivity contribution is -0.193. The first-order valence-electron chi connectivity index (χ1n) is 6.23. The summed E-state index contributed by atoms with van der Waals surface area (Å²) < 4.78 is 20.8. The first-order valence-corrected chi connectivity index (χ1v) is 6.23. The normalized spacial score (nSPS) is 34.0. The van der Waals surface area contributed by atoms with Crippen LogP contribution in [0.1, 0.15) is 12.8 Å². The van der Waals surface area contributed by atoms with Crippen LogP contribution in [-0.2, 0) is 28.5 Å². The van der Waals surface area contributed by atoms with Crippen LogP contribution in [0.5, 0.6) is 0 Å². The molecule has 1 saturated heterocycles. The Morgan fingerprint density at radius 2 is 1.84 bits per heavy atom. The summed E-state index contributed by atoms with van der Waals surface area (Å²) in [5, 5.41) is 0. The van der Waals surface area contributed by atoms with Crippen LogP contribution >= 0.6 is 0 Å². The molecule has 1 fully saturated rings. The molecule has 0 saturated carbocycles. The number of esters is 2. The molecule has 1 unspecified atom stereocenters. The fourth-order valence-electron chi connectivity index (χ4n) is 2.58. The summed E-state index contributed by atoms with van der Waals surface area (Å²) in [7, 11) is 2.62. The molecule has 106 valence electrons. The number of rotatable bonds is 2. The highest BCUT2D eigenvalue weighted by Gasteiger charge is 2.46. The maximum atomic E-state index is 11.9. The lowest BCUT2D eigenvalue weighted by Gasteiger charge is -2.28. The zero-order chi connectivity index (χ0) is 13.9. The van der Waals surface area contributed by atoms with Crippen molar-refractivity contribution in [3.63, 3.8) is 0 Å². The monoisotopic (exact) mass is 270 g/mol. The Bertz CT molecular complexity index is 391. The van der Waals surface area contributed by atoms with E-state index in [2.05, 4.69) is 0 Å². The zero-order valence-corrected chi connectivity index (χ0v) is 11.1. The smallest absolute Gasteiger partial charge is 0.309 e. The fraction of sp³-hybridized carbons (Fsp3) is 0.692. The number of methoxy groups -OCH3 is 2. The summed E-state index contributed by atoms with van der Waals surface area (Å²) in [5.41, 5.74) is 0. The molecule has 2 aliphatic rings. The summed E-state index contributed by atoms with van der Waals surface area (Å²) in [6, 6.07) is 0. The predicted molar refractivity (Wildman–Crippen MR) is 64.0 cm³/mol. The molecule has 0 aromatic carbocycles. The van der Waals surface area contributed by atoms with E-state index in [9.17, 15) is 9.59 Å². The van der Waals surface area contributed by atoms with Crippen LogP contribution in [0, 0.1) is 11.8 Å². The molecule has 0 amide bonds. The lowest BCUT2D eigenvalue weighted by atomic mass is 9.85. The van der Waals surface area contributed by atoms with E-state index in [1.807, 2.05) is 6.08 Å². The molecule has 2 aliphatic heterocycles. The van der Waals surface area contributed by atoms with Gasteiger partial charge in [0, 0.05) is 6.42 Å². The van der Waals surface area contributed by atoms with Gasteiger partial charge in [0.05, 0.1) is 39.3 Å². The lowest BCUT2D eigenvalue weighted by Crippen LogP contribution is -2.37. The minimum absolute atomic E-state index is 0.260. The van der Waals surface area contributed by atoms with Crippen molar-refractivity contribution in [2.24, 2.45) is 11.8 Å². The van der Waals surface area contributed by atoms with Crippen LogP contribution in [-0.4, -0.2) is 45.2 Å². The SMILES string of the molecule is COC(=O)[C@H]1CCOC2(C=CCO2)C[C@H]1C(=O)OC. The molecule has 6 heteroatoms. The van der Waals surface area contributed by atoms with Gasteiger partial charge in [0.25, 0.3) is 0 Å². The van der Waals surface area contributed by atoms with Crippen molar-refractivity contribution in [3.8, 4) is 0 Å². The highest BCUT2D eigenvalue weighted by molar-refractivity contribution is 5.82. The van der Waals surface area contributed by atoms with E-state index in [0.717, 1.165) is 0 Å². The molecular formula is C13H18O6. The van der Waals surface area contributed by atoms with Gasteiger partial charge in [0.2, 0.25) is 0 Å².